The second-order valence-corrected chi connectivity index (χ2v) is 6.03. The molecule has 1 N–H and O–H groups in total. The van der Waals surface area contributed by atoms with Crippen molar-refractivity contribution in [3.05, 3.63) is 34.6 Å². The van der Waals surface area contributed by atoms with E-state index in [0.717, 1.165) is 12.5 Å². The molecule has 0 bridgehead atoms. The summed E-state index contributed by atoms with van der Waals surface area (Å²) >= 11 is 5.72. The molecule has 0 amide bonds. The fourth-order valence-electron chi connectivity index (χ4n) is 3.51. The first-order valence-corrected chi connectivity index (χ1v) is 7.24. The highest BCUT2D eigenvalue weighted by molar-refractivity contribution is 6.31. The van der Waals surface area contributed by atoms with Gasteiger partial charge in [0.05, 0.1) is 5.02 Å². The van der Waals surface area contributed by atoms with Gasteiger partial charge in [-0.2, -0.15) is 0 Å². The molecule has 1 saturated carbocycles. The highest BCUT2D eigenvalue weighted by Gasteiger charge is 2.39. The molecule has 1 aliphatic carbocycles. The van der Waals surface area contributed by atoms with Gasteiger partial charge in [-0.15, -0.1) is 0 Å². The van der Waals surface area contributed by atoms with E-state index in [1.54, 1.807) is 0 Å². The molecule has 3 unspecified atom stereocenters. The van der Waals surface area contributed by atoms with Crippen LogP contribution >= 0.6 is 11.6 Å². The molecule has 19 heavy (non-hydrogen) atoms. The average Bonchev–Trinajstić information content (AvgIpc) is 2.97. The van der Waals surface area contributed by atoms with Gasteiger partial charge in [-0.3, -0.25) is 4.79 Å². The first-order chi connectivity index (χ1) is 9.15. The van der Waals surface area contributed by atoms with Crippen LogP contribution in [0.15, 0.2) is 18.2 Å². The van der Waals surface area contributed by atoms with Crippen LogP contribution in [0, 0.1) is 17.7 Å². The number of halogens is 2. The molecule has 1 aromatic rings. The molecule has 1 aliphatic heterocycles. The van der Waals surface area contributed by atoms with Crippen molar-refractivity contribution in [2.75, 3.05) is 6.54 Å². The van der Waals surface area contributed by atoms with Crippen LogP contribution in [0.3, 0.4) is 0 Å². The summed E-state index contributed by atoms with van der Waals surface area (Å²) in [5.74, 6) is 0.953. The maximum Gasteiger partial charge on any atom is 0.164 e. The number of nitrogens with one attached hydrogen (secondary N) is 1. The zero-order valence-electron chi connectivity index (χ0n) is 10.7. The third kappa shape index (κ3) is 2.54. The lowest BCUT2D eigenvalue weighted by molar-refractivity contribution is 0.0963. The van der Waals surface area contributed by atoms with Crippen LogP contribution in [-0.2, 0) is 0 Å². The Morgan fingerprint density at radius 2 is 2.26 bits per heavy atom. The van der Waals surface area contributed by atoms with E-state index in [4.69, 9.17) is 11.6 Å². The Kier molecular flexibility index (Phi) is 3.59. The van der Waals surface area contributed by atoms with Crippen LogP contribution in [0.5, 0.6) is 0 Å². The summed E-state index contributed by atoms with van der Waals surface area (Å²) in [6, 6.07) is 4.49. The van der Waals surface area contributed by atoms with Gasteiger partial charge in [0.2, 0.25) is 0 Å². The van der Waals surface area contributed by atoms with Gasteiger partial charge in [0.15, 0.2) is 5.78 Å². The summed E-state index contributed by atoms with van der Waals surface area (Å²) in [7, 11) is 0. The molecule has 2 aliphatic rings. The number of hydrogen-bond donors (Lipinski definition) is 1. The number of ketones is 1. The van der Waals surface area contributed by atoms with Crippen molar-refractivity contribution in [2.45, 2.75) is 31.7 Å². The van der Waals surface area contributed by atoms with Crippen molar-refractivity contribution >= 4 is 17.4 Å². The summed E-state index contributed by atoms with van der Waals surface area (Å²) in [5, 5.41) is 3.47. The van der Waals surface area contributed by atoms with Crippen molar-refractivity contribution in [3.8, 4) is 0 Å². The number of fused-ring (bicyclic) bond motifs is 1. The minimum atomic E-state index is -0.479. The number of Topliss-reactive ketones (excluding diaryl/α,β-unsaturated/α-hetero) is 1. The van der Waals surface area contributed by atoms with Crippen LogP contribution in [0.2, 0.25) is 5.02 Å². The van der Waals surface area contributed by atoms with Crippen molar-refractivity contribution in [1.29, 1.82) is 0 Å². The highest BCUT2D eigenvalue weighted by atomic mass is 35.5. The molecule has 1 heterocycles. The summed E-state index contributed by atoms with van der Waals surface area (Å²) in [6.07, 6.45) is 4.28. The third-order valence-corrected chi connectivity index (χ3v) is 4.81. The van der Waals surface area contributed by atoms with E-state index in [1.807, 2.05) is 0 Å². The Morgan fingerprint density at radius 3 is 3.05 bits per heavy atom. The van der Waals surface area contributed by atoms with Crippen molar-refractivity contribution in [1.82, 2.24) is 5.32 Å². The summed E-state index contributed by atoms with van der Waals surface area (Å²) in [6.45, 7) is 1.03. The highest BCUT2D eigenvalue weighted by Crippen LogP contribution is 2.39. The molecule has 3 rings (SSSR count). The molecule has 4 heteroatoms. The topological polar surface area (TPSA) is 29.1 Å². The quantitative estimate of drug-likeness (QED) is 0.860. The van der Waals surface area contributed by atoms with Crippen LogP contribution in [0.4, 0.5) is 4.39 Å². The lowest BCUT2D eigenvalue weighted by Crippen LogP contribution is -2.29. The molecule has 1 aromatic carbocycles. The first kappa shape index (κ1) is 13.1. The van der Waals surface area contributed by atoms with E-state index < -0.39 is 5.82 Å². The van der Waals surface area contributed by atoms with E-state index in [2.05, 4.69) is 5.32 Å². The number of rotatable bonds is 3. The van der Waals surface area contributed by atoms with Crippen LogP contribution in [-0.4, -0.2) is 18.4 Å². The van der Waals surface area contributed by atoms with Crippen LogP contribution in [0.1, 0.15) is 36.0 Å². The molecule has 2 fully saturated rings. The number of hydrogen-bond acceptors (Lipinski definition) is 2. The van der Waals surface area contributed by atoms with Gasteiger partial charge >= 0.3 is 0 Å². The Bertz CT molecular complexity index is 505. The zero-order valence-corrected chi connectivity index (χ0v) is 11.4. The van der Waals surface area contributed by atoms with Crippen molar-refractivity contribution in [2.24, 2.45) is 11.8 Å². The third-order valence-electron chi connectivity index (χ3n) is 4.52. The summed E-state index contributed by atoms with van der Waals surface area (Å²) in [5.41, 5.74) is 0.509. The lowest BCUT2D eigenvalue weighted by Gasteiger charge is -2.17. The summed E-state index contributed by atoms with van der Waals surface area (Å²) in [4.78, 5) is 12.2. The van der Waals surface area contributed by atoms with E-state index >= 15 is 0 Å². The van der Waals surface area contributed by atoms with Gasteiger partial charge in [-0.05, 0) is 49.4 Å². The number of carbonyl (C=O) groups is 1. The Hall–Kier alpha value is -0.930. The Balaban J connectivity index is 1.69. The lowest BCUT2D eigenvalue weighted by atomic mass is 9.90. The second-order valence-electron chi connectivity index (χ2n) is 5.63. The van der Waals surface area contributed by atoms with Crippen LogP contribution < -0.4 is 5.32 Å². The average molecular weight is 282 g/mol. The standard InChI is InChI=1S/C15H17ClFNO/c16-12-6-9(4-5-13(12)17)15(19)7-14-11-3-1-2-10(11)8-18-14/h4-6,10-11,14,18H,1-3,7-8H2. The van der Waals surface area contributed by atoms with Gasteiger partial charge in [-0.25, -0.2) is 4.39 Å². The fourth-order valence-corrected chi connectivity index (χ4v) is 3.69. The Labute approximate surface area is 117 Å². The fraction of sp³-hybridized carbons (Fsp3) is 0.533. The van der Waals surface area contributed by atoms with Gasteiger partial charge in [0, 0.05) is 18.0 Å². The summed E-state index contributed by atoms with van der Waals surface area (Å²) < 4.78 is 13.1. The molecule has 102 valence electrons. The second kappa shape index (κ2) is 5.22. The molecule has 0 spiro atoms. The number of benzene rings is 1. The molecule has 0 aromatic heterocycles. The minimum absolute atomic E-state index is 0.0176. The van der Waals surface area contributed by atoms with E-state index in [9.17, 15) is 9.18 Å². The van der Waals surface area contributed by atoms with E-state index in [-0.39, 0.29) is 16.8 Å². The predicted octanol–water partition coefficient (Wildman–Crippen LogP) is 3.44. The van der Waals surface area contributed by atoms with Crippen molar-refractivity contribution in [3.63, 3.8) is 0 Å². The first-order valence-electron chi connectivity index (χ1n) is 6.87. The van der Waals surface area contributed by atoms with E-state index in [1.165, 1.54) is 37.5 Å². The largest absolute Gasteiger partial charge is 0.313 e. The van der Waals surface area contributed by atoms with Crippen molar-refractivity contribution < 1.29 is 9.18 Å². The maximum absolute atomic E-state index is 13.1. The Morgan fingerprint density at radius 1 is 1.42 bits per heavy atom. The minimum Gasteiger partial charge on any atom is -0.313 e. The van der Waals surface area contributed by atoms with Crippen LogP contribution in [0.25, 0.3) is 0 Å². The van der Waals surface area contributed by atoms with Gasteiger partial charge in [0.25, 0.3) is 0 Å². The molecule has 2 nitrogen and oxygen atoms in total. The van der Waals surface area contributed by atoms with E-state index in [0.29, 0.717) is 17.9 Å². The molecule has 0 radical (unpaired) electrons. The molecule has 3 atom stereocenters. The molecular weight excluding hydrogens is 265 g/mol. The number of carbonyl (C=O) groups excluding carboxylic acids is 1. The maximum atomic E-state index is 13.1. The zero-order chi connectivity index (χ0) is 13.4. The predicted molar refractivity (Wildman–Crippen MR) is 73.0 cm³/mol. The molecular formula is C15H17ClFNO. The monoisotopic (exact) mass is 281 g/mol. The van der Waals surface area contributed by atoms with Gasteiger partial charge in [-0.1, -0.05) is 18.0 Å². The van der Waals surface area contributed by atoms with Gasteiger partial charge < -0.3 is 5.32 Å². The smallest absolute Gasteiger partial charge is 0.164 e. The van der Waals surface area contributed by atoms with Gasteiger partial charge in [0.1, 0.15) is 5.82 Å². The SMILES string of the molecule is O=C(CC1NCC2CCCC21)c1ccc(F)c(Cl)c1. The molecule has 1 saturated heterocycles. The normalized spacial score (nSPS) is 29.5.